The molecule has 0 aliphatic heterocycles. The molecule has 1 saturated carbocycles. The van der Waals surface area contributed by atoms with Crippen LogP contribution in [0.5, 0.6) is 0 Å². The molecule has 0 spiro atoms. The summed E-state index contributed by atoms with van der Waals surface area (Å²) in [5.41, 5.74) is 6.32. The van der Waals surface area contributed by atoms with Gasteiger partial charge in [-0.25, -0.2) is 4.39 Å². The lowest BCUT2D eigenvalue weighted by Crippen LogP contribution is -2.51. The zero-order valence-electron chi connectivity index (χ0n) is 10.9. The minimum Gasteiger partial charge on any atom is -0.346 e. The second kappa shape index (κ2) is 5.97. The van der Waals surface area contributed by atoms with E-state index in [1.807, 2.05) is 0 Å². The summed E-state index contributed by atoms with van der Waals surface area (Å²) in [7, 11) is 0. The van der Waals surface area contributed by atoms with Crippen LogP contribution in [0.4, 0.5) is 4.39 Å². The Morgan fingerprint density at radius 2 is 1.95 bits per heavy atom. The molecule has 1 aromatic rings. The molecule has 1 fully saturated rings. The zero-order valence-corrected chi connectivity index (χ0v) is 10.9. The van der Waals surface area contributed by atoms with E-state index in [-0.39, 0.29) is 17.3 Å². The Morgan fingerprint density at radius 1 is 1.32 bits per heavy atom. The van der Waals surface area contributed by atoms with E-state index < -0.39 is 0 Å². The SMILES string of the molecule is NCC1(NC(=O)C=Cc2ccc(F)cc2)CCCC1. The van der Waals surface area contributed by atoms with Crippen LogP contribution in [0.1, 0.15) is 31.2 Å². The molecular weight excluding hydrogens is 243 g/mol. The van der Waals surface area contributed by atoms with Crippen LogP contribution in [0.25, 0.3) is 6.08 Å². The van der Waals surface area contributed by atoms with Gasteiger partial charge in [0, 0.05) is 12.6 Å². The van der Waals surface area contributed by atoms with Crippen molar-refractivity contribution in [2.24, 2.45) is 5.73 Å². The maximum Gasteiger partial charge on any atom is 0.244 e. The van der Waals surface area contributed by atoms with Gasteiger partial charge in [0.2, 0.25) is 5.91 Å². The lowest BCUT2D eigenvalue weighted by molar-refractivity contribution is -0.118. The molecule has 3 N–H and O–H groups in total. The molecule has 1 aliphatic rings. The zero-order chi connectivity index (χ0) is 13.7. The Bertz CT molecular complexity index is 462. The number of carbonyl (C=O) groups excluding carboxylic acids is 1. The lowest BCUT2D eigenvalue weighted by atomic mass is 9.98. The van der Waals surface area contributed by atoms with Crippen LogP contribution in [0.2, 0.25) is 0 Å². The molecule has 0 bridgehead atoms. The predicted molar refractivity (Wildman–Crippen MR) is 73.8 cm³/mol. The molecule has 0 saturated heterocycles. The van der Waals surface area contributed by atoms with Gasteiger partial charge in [0.1, 0.15) is 5.82 Å². The van der Waals surface area contributed by atoms with Crippen LogP contribution >= 0.6 is 0 Å². The molecule has 102 valence electrons. The van der Waals surface area contributed by atoms with Crippen LogP contribution in [0.3, 0.4) is 0 Å². The standard InChI is InChI=1S/C15H19FN2O/c16-13-6-3-12(4-7-13)5-8-14(19)18-15(11-17)9-1-2-10-15/h3-8H,1-2,9-11,17H2,(H,18,19). The third-order valence-corrected chi connectivity index (χ3v) is 3.64. The second-order valence-electron chi connectivity index (χ2n) is 5.07. The van der Waals surface area contributed by atoms with Gasteiger partial charge in [0.05, 0.1) is 5.54 Å². The highest BCUT2D eigenvalue weighted by Crippen LogP contribution is 2.28. The van der Waals surface area contributed by atoms with Crippen molar-refractivity contribution in [3.8, 4) is 0 Å². The predicted octanol–water partition coefficient (Wildman–Crippen LogP) is 2.23. The fourth-order valence-corrected chi connectivity index (χ4v) is 2.48. The number of hydrogen-bond donors (Lipinski definition) is 2. The quantitative estimate of drug-likeness (QED) is 0.817. The monoisotopic (exact) mass is 262 g/mol. The van der Waals surface area contributed by atoms with Gasteiger partial charge >= 0.3 is 0 Å². The van der Waals surface area contributed by atoms with Gasteiger partial charge in [-0.05, 0) is 36.6 Å². The van der Waals surface area contributed by atoms with Crippen LogP contribution < -0.4 is 11.1 Å². The van der Waals surface area contributed by atoms with E-state index in [2.05, 4.69) is 5.32 Å². The molecular formula is C15H19FN2O. The first kappa shape index (κ1) is 13.7. The van der Waals surface area contributed by atoms with Crippen molar-refractivity contribution >= 4 is 12.0 Å². The third kappa shape index (κ3) is 3.64. The highest BCUT2D eigenvalue weighted by Gasteiger charge is 2.33. The van der Waals surface area contributed by atoms with E-state index in [9.17, 15) is 9.18 Å². The summed E-state index contributed by atoms with van der Waals surface area (Å²) in [6.45, 7) is 0.475. The number of halogens is 1. The van der Waals surface area contributed by atoms with Gasteiger partial charge in [-0.15, -0.1) is 0 Å². The minimum atomic E-state index is -0.283. The molecule has 19 heavy (non-hydrogen) atoms. The lowest BCUT2D eigenvalue weighted by Gasteiger charge is -2.27. The van der Waals surface area contributed by atoms with Crippen LogP contribution in [-0.4, -0.2) is 18.0 Å². The molecule has 0 atom stereocenters. The van der Waals surface area contributed by atoms with Crippen molar-refractivity contribution in [3.05, 3.63) is 41.7 Å². The number of carbonyl (C=O) groups is 1. The highest BCUT2D eigenvalue weighted by molar-refractivity contribution is 5.92. The van der Waals surface area contributed by atoms with E-state index in [0.29, 0.717) is 6.54 Å². The van der Waals surface area contributed by atoms with Crippen molar-refractivity contribution < 1.29 is 9.18 Å². The summed E-state index contributed by atoms with van der Waals surface area (Å²) in [6.07, 6.45) is 7.26. The topological polar surface area (TPSA) is 55.1 Å². The highest BCUT2D eigenvalue weighted by atomic mass is 19.1. The van der Waals surface area contributed by atoms with Gasteiger partial charge < -0.3 is 11.1 Å². The van der Waals surface area contributed by atoms with Crippen molar-refractivity contribution in [3.63, 3.8) is 0 Å². The summed E-state index contributed by atoms with van der Waals surface area (Å²) in [5, 5.41) is 3.00. The number of nitrogens with one attached hydrogen (secondary N) is 1. The average Bonchev–Trinajstić information content (AvgIpc) is 2.87. The van der Waals surface area contributed by atoms with Gasteiger partial charge in [-0.1, -0.05) is 25.0 Å². The first-order chi connectivity index (χ1) is 9.13. The second-order valence-corrected chi connectivity index (χ2v) is 5.07. The smallest absolute Gasteiger partial charge is 0.244 e. The maximum absolute atomic E-state index is 12.7. The number of nitrogens with two attached hydrogens (primary N) is 1. The molecule has 1 aromatic carbocycles. The van der Waals surface area contributed by atoms with Crippen molar-refractivity contribution in [2.45, 2.75) is 31.2 Å². The Morgan fingerprint density at radius 3 is 2.53 bits per heavy atom. The Kier molecular flexibility index (Phi) is 4.32. The molecule has 3 nitrogen and oxygen atoms in total. The molecule has 0 heterocycles. The van der Waals surface area contributed by atoms with Gasteiger partial charge in [-0.3, -0.25) is 4.79 Å². The first-order valence-electron chi connectivity index (χ1n) is 6.59. The molecule has 1 amide bonds. The fourth-order valence-electron chi connectivity index (χ4n) is 2.48. The average molecular weight is 262 g/mol. The summed E-state index contributed by atoms with van der Waals surface area (Å²) < 4.78 is 12.7. The van der Waals surface area contributed by atoms with Gasteiger partial charge in [0.15, 0.2) is 0 Å². The van der Waals surface area contributed by atoms with Gasteiger partial charge in [-0.2, -0.15) is 0 Å². The maximum atomic E-state index is 12.7. The van der Waals surface area contributed by atoms with E-state index in [4.69, 9.17) is 5.73 Å². The third-order valence-electron chi connectivity index (χ3n) is 3.64. The van der Waals surface area contributed by atoms with Crippen LogP contribution in [0.15, 0.2) is 30.3 Å². The number of amides is 1. The van der Waals surface area contributed by atoms with Crippen molar-refractivity contribution in [1.29, 1.82) is 0 Å². The minimum absolute atomic E-state index is 0.142. The molecule has 0 unspecified atom stereocenters. The van der Waals surface area contributed by atoms with E-state index in [1.165, 1.54) is 18.2 Å². The van der Waals surface area contributed by atoms with Crippen molar-refractivity contribution in [2.75, 3.05) is 6.54 Å². The fraction of sp³-hybridized carbons (Fsp3) is 0.400. The van der Waals surface area contributed by atoms with E-state index >= 15 is 0 Å². The van der Waals surface area contributed by atoms with Crippen molar-refractivity contribution in [1.82, 2.24) is 5.32 Å². The van der Waals surface area contributed by atoms with Crippen LogP contribution in [-0.2, 0) is 4.79 Å². The number of hydrogen-bond acceptors (Lipinski definition) is 2. The van der Waals surface area contributed by atoms with E-state index in [0.717, 1.165) is 31.2 Å². The summed E-state index contributed by atoms with van der Waals surface area (Å²) in [6, 6.07) is 6.01. The summed E-state index contributed by atoms with van der Waals surface area (Å²) in [5.74, 6) is -0.425. The molecule has 1 aliphatic carbocycles. The Hall–Kier alpha value is -1.68. The first-order valence-corrected chi connectivity index (χ1v) is 6.59. The van der Waals surface area contributed by atoms with Crippen LogP contribution in [0, 0.1) is 5.82 Å². The van der Waals surface area contributed by atoms with Gasteiger partial charge in [0.25, 0.3) is 0 Å². The largest absolute Gasteiger partial charge is 0.346 e. The molecule has 4 heteroatoms. The Labute approximate surface area is 112 Å². The van der Waals surface area contributed by atoms with E-state index in [1.54, 1.807) is 18.2 Å². The molecule has 2 rings (SSSR count). The normalized spacial score (nSPS) is 17.8. The number of rotatable bonds is 4. The molecule has 0 radical (unpaired) electrons. The number of benzene rings is 1. The summed E-state index contributed by atoms with van der Waals surface area (Å²) in [4.78, 5) is 11.9. The Balaban J connectivity index is 1.95. The summed E-state index contributed by atoms with van der Waals surface area (Å²) >= 11 is 0. The molecule has 0 aromatic heterocycles.